The molecule has 1 unspecified atom stereocenters. The number of nitrogens with zero attached hydrogens (tertiary/aromatic N) is 2. The minimum atomic E-state index is -4.77. The van der Waals surface area contributed by atoms with Gasteiger partial charge in [-0.1, -0.05) is 35.9 Å². The Morgan fingerprint density at radius 3 is 2.41 bits per heavy atom. The van der Waals surface area contributed by atoms with Crippen LogP contribution in [-0.2, 0) is 20.6 Å². The van der Waals surface area contributed by atoms with Crippen LogP contribution in [0.4, 0.5) is 18.9 Å². The number of primary amides is 1. The van der Waals surface area contributed by atoms with Crippen LogP contribution in [-0.4, -0.2) is 28.7 Å². The van der Waals surface area contributed by atoms with Gasteiger partial charge in [-0.3, -0.25) is 14.4 Å². The Morgan fingerprint density at radius 1 is 1.03 bits per heavy atom. The number of fused-ring (bicyclic) bond motifs is 5. The van der Waals surface area contributed by atoms with Crippen molar-refractivity contribution in [2.75, 3.05) is 4.90 Å². The monoisotopic (exact) mass is 461 g/mol. The molecule has 6 nitrogen and oxygen atoms in total. The Bertz CT molecular complexity index is 1210. The van der Waals surface area contributed by atoms with E-state index in [1.807, 2.05) is 12.1 Å². The fraction of sp³-hybridized carbons (Fsp3) is 0.227. The Kier molecular flexibility index (Phi) is 4.39. The van der Waals surface area contributed by atoms with E-state index in [9.17, 15) is 27.6 Å². The number of anilines is 1. The smallest absolute Gasteiger partial charge is 0.368 e. The SMILES string of the molecule is NC(=O)[C@@H]1[C@@H]2C(=O)N(c3ccc(Cl)c(C(F)(F)F)c3)C(=O)[C@@H]2C2c3ccccc3C=CN21. The number of hydrogen-bond acceptors (Lipinski definition) is 4. The van der Waals surface area contributed by atoms with Gasteiger partial charge in [0, 0.05) is 6.20 Å². The van der Waals surface area contributed by atoms with Crippen LogP contribution >= 0.6 is 11.6 Å². The number of carbonyl (C=O) groups is 3. The van der Waals surface area contributed by atoms with Gasteiger partial charge in [-0.25, -0.2) is 4.90 Å². The fourth-order valence-electron chi connectivity index (χ4n) is 5.01. The zero-order valence-corrected chi connectivity index (χ0v) is 17.0. The molecule has 0 aromatic heterocycles. The first-order valence-electron chi connectivity index (χ1n) is 9.69. The summed E-state index contributed by atoms with van der Waals surface area (Å²) in [6, 6.07) is 8.31. The van der Waals surface area contributed by atoms with E-state index in [1.54, 1.807) is 29.3 Å². The van der Waals surface area contributed by atoms with Crippen molar-refractivity contribution < 1.29 is 27.6 Å². The van der Waals surface area contributed by atoms with Gasteiger partial charge in [0.25, 0.3) is 0 Å². The highest BCUT2D eigenvalue weighted by Crippen LogP contribution is 2.53. The molecule has 10 heteroatoms. The lowest BCUT2D eigenvalue weighted by atomic mass is 9.84. The molecule has 0 aliphatic carbocycles. The summed E-state index contributed by atoms with van der Waals surface area (Å²) in [5.41, 5.74) is 5.76. The van der Waals surface area contributed by atoms with Crippen LogP contribution in [0.15, 0.2) is 48.7 Å². The van der Waals surface area contributed by atoms with Crippen molar-refractivity contribution in [3.63, 3.8) is 0 Å². The van der Waals surface area contributed by atoms with Gasteiger partial charge in [0.15, 0.2) is 0 Å². The summed E-state index contributed by atoms with van der Waals surface area (Å²) in [6.07, 6.45) is -1.37. The van der Waals surface area contributed by atoms with Gasteiger partial charge < -0.3 is 10.6 Å². The molecular formula is C22H15ClF3N3O3. The lowest BCUT2D eigenvalue weighted by Crippen LogP contribution is -2.46. The average Bonchev–Trinajstić information content (AvgIpc) is 3.21. The minimum absolute atomic E-state index is 0.250. The number of rotatable bonds is 2. The summed E-state index contributed by atoms with van der Waals surface area (Å²) in [6.45, 7) is 0. The molecular weight excluding hydrogens is 447 g/mol. The molecule has 32 heavy (non-hydrogen) atoms. The number of carbonyl (C=O) groups excluding carboxylic acids is 3. The van der Waals surface area contributed by atoms with Gasteiger partial charge in [0.05, 0.1) is 34.2 Å². The molecule has 3 aliphatic rings. The van der Waals surface area contributed by atoms with Crippen LogP contribution in [0.5, 0.6) is 0 Å². The number of amides is 3. The normalized spacial score (nSPS) is 26.2. The second-order valence-corrected chi connectivity index (χ2v) is 8.32. The Morgan fingerprint density at radius 2 is 1.72 bits per heavy atom. The second-order valence-electron chi connectivity index (χ2n) is 7.91. The Hall–Kier alpha value is -3.33. The second kappa shape index (κ2) is 6.83. The van der Waals surface area contributed by atoms with E-state index in [0.717, 1.165) is 22.1 Å². The molecule has 2 saturated heterocycles. The predicted octanol–water partition coefficient (Wildman–Crippen LogP) is 3.36. The van der Waals surface area contributed by atoms with Crippen molar-refractivity contribution in [1.82, 2.24) is 4.90 Å². The largest absolute Gasteiger partial charge is 0.417 e. The van der Waals surface area contributed by atoms with Crippen LogP contribution in [0.25, 0.3) is 6.08 Å². The predicted molar refractivity (Wildman–Crippen MR) is 109 cm³/mol. The zero-order chi connectivity index (χ0) is 22.9. The molecule has 2 fully saturated rings. The third-order valence-electron chi connectivity index (χ3n) is 6.27. The molecule has 5 rings (SSSR count). The van der Waals surface area contributed by atoms with Crippen molar-refractivity contribution >= 4 is 41.1 Å². The molecule has 0 radical (unpaired) electrons. The third-order valence-corrected chi connectivity index (χ3v) is 6.60. The van der Waals surface area contributed by atoms with Gasteiger partial charge in [-0.05, 0) is 35.4 Å². The van der Waals surface area contributed by atoms with Crippen LogP contribution in [0.2, 0.25) is 5.02 Å². The lowest BCUT2D eigenvalue weighted by Gasteiger charge is -2.34. The quantitative estimate of drug-likeness (QED) is 0.695. The summed E-state index contributed by atoms with van der Waals surface area (Å²) in [5.74, 6) is -4.33. The number of nitrogens with two attached hydrogens (primary N) is 1. The van der Waals surface area contributed by atoms with Crippen molar-refractivity contribution in [3.8, 4) is 0 Å². The number of benzene rings is 2. The van der Waals surface area contributed by atoms with E-state index in [0.29, 0.717) is 6.07 Å². The molecule has 2 aromatic rings. The van der Waals surface area contributed by atoms with Crippen LogP contribution in [0, 0.1) is 11.8 Å². The highest BCUT2D eigenvalue weighted by atomic mass is 35.5. The number of imide groups is 1. The average molecular weight is 462 g/mol. The van der Waals surface area contributed by atoms with E-state index in [2.05, 4.69) is 0 Å². The number of halogens is 4. The summed E-state index contributed by atoms with van der Waals surface area (Å²) in [4.78, 5) is 41.5. The Balaban J connectivity index is 1.63. The standard InChI is InChI=1S/C22H15ClF3N3O3/c23-14-6-5-11(9-13(14)22(24,25)26)29-20(31)15-16(21(29)32)18(19(27)30)28-8-7-10-3-1-2-4-12(10)17(15)28/h1-9,15-18H,(H2,27,30)/t15-,16+,17?,18-/m0/s1. The molecule has 0 saturated carbocycles. The molecule has 0 spiro atoms. The van der Waals surface area contributed by atoms with Crippen molar-refractivity contribution in [2.24, 2.45) is 17.6 Å². The first kappa shape index (κ1) is 20.6. The molecule has 3 amide bonds. The van der Waals surface area contributed by atoms with E-state index < -0.39 is 58.4 Å². The molecule has 164 valence electrons. The summed E-state index contributed by atoms with van der Waals surface area (Å²) < 4.78 is 40.0. The van der Waals surface area contributed by atoms with E-state index in [1.165, 1.54) is 6.07 Å². The van der Waals surface area contributed by atoms with Gasteiger partial charge in [0.1, 0.15) is 6.04 Å². The molecule has 0 bridgehead atoms. The zero-order valence-electron chi connectivity index (χ0n) is 16.2. The van der Waals surface area contributed by atoms with Crippen LogP contribution < -0.4 is 10.6 Å². The van der Waals surface area contributed by atoms with Crippen molar-refractivity contribution in [2.45, 2.75) is 18.3 Å². The highest BCUT2D eigenvalue weighted by Gasteiger charge is 2.64. The lowest BCUT2D eigenvalue weighted by molar-refractivity contribution is -0.137. The van der Waals surface area contributed by atoms with Gasteiger partial charge >= 0.3 is 6.18 Å². The van der Waals surface area contributed by atoms with E-state index >= 15 is 0 Å². The molecule has 2 N–H and O–H groups in total. The summed E-state index contributed by atoms with van der Waals surface area (Å²) in [5, 5.41) is -0.548. The van der Waals surface area contributed by atoms with E-state index in [4.69, 9.17) is 17.3 Å². The van der Waals surface area contributed by atoms with Gasteiger partial charge in [-0.2, -0.15) is 13.2 Å². The summed E-state index contributed by atoms with van der Waals surface area (Å²) >= 11 is 5.68. The van der Waals surface area contributed by atoms with Gasteiger partial charge in [0.2, 0.25) is 17.7 Å². The topological polar surface area (TPSA) is 83.7 Å². The molecule has 3 heterocycles. The maximum Gasteiger partial charge on any atom is 0.417 e. The molecule has 4 atom stereocenters. The van der Waals surface area contributed by atoms with Gasteiger partial charge in [-0.15, -0.1) is 0 Å². The van der Waals surface area contributed by atoms with E-state index in [-0.39, 0.29) is 5.69 Å². The fourth-order valence-corrected chi connectivity index (χ4v) is 5.23. The highest BCUT2D eigenvalue weighted by molar-refractivity contribution is 6.31. The number of alkyl halides is 3. The molecule has 3 aliphatic heterocycles. The Labute approximate surface area is 185 Å². The van der Waals surface area contributed by atoms with Crippen LogP contribution in [0.3, 0.4) is 0 Å². The maximum atomic E-state index is 13.5. The minimum Gasteiger partial charge on any atom is -0.368 e. The molecule has 2 aromatic carbocycles. The first-order chi connectivity index (χ1) is 15.1. The van der Waals surface area contributed by atoms with Crippen molar-refractivity contribution in [3.05, 3.63) is 70.4 Å². The van der Waals surface area contributed by atoms with Crippen molar-refractivity contribution in [1.29, 1.82) is 0 Å². The third kappa shape index (κ3) is 2.77. The number of hydrogen-bond donors (Lipinski definition) is 1. The first-order valence-corrected chi connectivity index (χ1v) is 10.1. The maximum absolute atomic E-state index is 13.5. The van der Waals surface area contributed by atoms with Crippen LogP contribution in [0.1, 0.15) is 22.7 Å². The summed E-state index contributed by atoms with van der Waals surface area (Å²) in [7, 11) is 0.